The van der Waals surface area contributed by atoms with Gasteiger partial charge in [-0.05, 0) is 41.9 Å². The number of nitrogens with one attached hydrogen (secondary N) is 1. The van der Waals surface area contributed by atoms with Crippen molar-refractivity contribution in [1.82, 2.24) is 10.3 Å². The van der Waals surface area contributed by atoms with Gasteiger partial charge in [-0.15, -0.1) is 0 Å². The zero-order valence-electron chi connectivity index (χ0n) is 8.82. The number of carbonyl (C=O) groups is 2. The van der Waals surface area contributed by atoms with Crippen molar-refractivity contribution in [2.24, 2.45) is 0 Å². The number of amides is 1. The second kappa shape index (κ2) is 4.61. The molecule has 0 aliphatic rings. The lowest BCUT2D eigenvalue weighted by molar-refractivity contribution is -0.143. The van der Waals surface area contributed by atoms with Crippen molar-refractivity contribution in [3.05, 3.63) is 28.5 Å². The van der Waals surface area contributed by atoms with Crippen molar-refractivity contribution in [2.45, 2.75) is 19.4 Å². The van der Waals surface area contributed by atoms with Crippen molar-refractivity contribution >= 4 is 27.8 Å². The van der Waals surface area contributed by atoms with Crippen LogP contribution in [0.3, 0.4) is 0 Å². The number of hydrogen-bond donors (Lipinski definition) is 2. The lowest BCUT2D eigenvalue weighted by Crippen LogP contribution is -2.49. The third-order valence-corrected chi connectivity index (χ3v) is 2.42. The molecule has 6 heteroatoms. The molecule has 1 aromatic heterocycles. The molecule has 0 bridgehead atoms. The first kappa shape index (κ1) is 12.6. The molecule has 1 heterocycles. The van der Waals surface area contributed by atoms with Crippen LogP contribution < -0.4 is 5.32 Å². The van der Waals surface area contributed by atoms with Crippen LogP contribution in [-0.2, 0) is 4.79 Å². The number of carboxylic acid groups (broad SMARTS) is 1. The molecule has 1 aromatic rings. The molecule has 16 heavy (non-hydrogen) atoms. The van der Waals surface area contributed by atoms with E-state index in [0.29, 0.717) is 10.2 Å². The monoisotopic (exact) mass is 286 g/mol. The third-order valence-electron chi connectivity index (χ3n) is 1.95. The Hall–Kier alpha value is -1.43. The first-order valence-corrected chi connectivity index (χ1v) is 5.30. The molecule has 0 atom stereocenters. The number of aromatic nitrogens is 1. The van der Waals surface area contributed by atoms with Gasteiger partial charge in [0.1, 0.15) is 10.1 Å². The van der Waals surface area contributed by atoms with Crippen LogP contribution in [0.15, 0.2) is 22.9 Å². The lowest BCUT2D eigenvalue weighted by Gasteiger charge is -2.20. The Morgan fingerprint density at radius 1 is 1.44 bits per heavy atom. The van der Waals surface area contributed by atoms with E-state index in [1.165, 1.54) is 20.0 Å². The molecular formula is C10H11BrN2O3. The molecule has 0 saturated carbocycles. The molecule has 0 saturated heterocycles. The SMILES string of the molecule is CC(C)(NC(=O)c1ccc(Br)nc1)C(=O)O. The van der Waals surface area contributed by atoms with Gasteiger partial charge < -0.3 is 10.4 Å². The second-order valence-corrected chi connectivity index (χ2v) is 4.57. The fraction of sp³-hybridized carbons (Fsp3) is 0.300. The number of pyridine rings is 1. The van der Waals surface area contributed by atoms with E-state index in [0.717, 1.165) is 0 Å². The molecule has 0 aliphatic heterocycles. The highest BCUT2D eigenvalue weighted by atomic mass is 79.9. The number of carboxylic acids is 1. The first-order valence-electron chi connectivity index (χ1n) is 4.50. The topological polar surface area (TPSA) is 79.3 Å². The number of aliphatic carboxylic acids is 1. The molecule has 5 nitrogen and oxygen atoms in total. The van der Waals surface area contributed by atoms with Crippen molar-refractivity contribution in [2.75, 3.05) is 0 Å². The minimum Gasteiger partial charge on any atom is -0.480 e. The van der Waals surface area contributed by atoms with E-state index in [9.17, 15) is 9.59 Å². The fourth-order valence-corrected chi connectivity index (χ4v) is 1.15. The maximum atomic E-state index is 11.6. The summed E-state index contributed by atoms with van der Waals surface area (Å²) in [4.78, 5) is 26.3. The summed E-state index contributed by atoms with van der Waals surface area (Å²) in [7, 11) is 0. The highest BCUT2D eigenvalue weighted by Crippen LogP contribution is 2.08. The molecule has 0 aliphatic carbocycles. The van der Waals surface area contributed by atoms with Gasteiger partial charge in [-0.25, -0.2) is 9.78 Å². The second-order valence-electron chi connectivity index (χ2n) is 3.75. The van der Waals surface area contributed by atoms with Crippen molar-refractivity contribution in [1.29, 1.82) is 0 Å². The maximum Gasteiger partial charge on any atom is 0.328 e. The minimum atomic E-state index is -1.30. The van der Waals surface area contributed by atoms with Crippen LogP contribution in [0.1, 0.15) is 24.2 Å². The summed E-state index contributed by atoms with van der Waals surface area (Å²) in [6, 6.07) is 3.17. The molecular weight excluding hydrogens is 276 g/mol. The molecule has 86 valence electrons. The Morgan fingerprint density at radius 2 is 2.06 bits per heavy atom. The van der Waals surface area contributed by atoms with E-state index >= 15 is 0 Å². The largest absolute Gasteiger partial charge is 0.480 e. The lowest BCUT2D eigenvalue weighted by atomic mass is 10.1. The highest BCUT2D eigenvalue weighted by molar-refractivity contribution is 9.10. The molecule has 1 rings (SSSR count). The van der Waals surface area contributed by atoms with Crippen molar-refractivity contribution in [3.63, 3.8) is 0 Å². The zero-order valence-corrected chi connectivity index (χ0v) is 10.4. The smallest absolute Gasteiger partial charge is 0.328 e. The number of carbonyl (C=O) groups excluding carboxylic acids is 1. The summed E-state index contributed by atoms with van der Waals surface area (Å²) in [5.41, 5.74) is -0.984. The van der Waals surface area contributed by atoms with E-state index < -0.39 is 17.4 Å². The number of nitrogens with zero attached hydrogens (tertiary/aromatic N) is 1. The van der Waals surface area contributed by atoms with Gasteiger partial charge in [0, 0.05) is 6.20 Å². The van der Waals surface area contributed by atoms with Crippen LogP contribution in [0.2, 0.25) is 0 Å². The van der Waals surface area contributed by atoms with E-state index in [2.05, 4.69) is 26.2 Å². The summed E-state index contributed by atoms with van der Waals surface area (Å²) < 4.78 is 0.613. The summed E-state index contributed by atoms with van der Waals surface area (Å²) in [5.74, 6) is -1.56. The fourth-order valence-electron chi connectivity index (χ4n) is 0.920. The quantitative estimate of drug-likeness (QED) is 0.824. The van der Waals surface area contributed by atoms with Gasteiger partial charge in [-0.2, -0.15) is 0 Å². The number of rotatable bonds is 3. The molecule has 0 unspecified atom stereocenters. The van der Waals surface area contributed by atoms with Crippen LogP contribution in [0, 0.1) is 0 Å². The number of hydrogen-bond acceptors (Lipinski definition) is 3. The highest BCUT2D eigenvalue weighted by Gasteiger charge is 2.29. The van der Waals surface area contributed by atoms with Crippen LogP contribution in [0.25, 0.3) is 0 Å². The van der Waals surface area contributed by atoms with Crippen LogP contribution in [-0.4, -0.2) is 27.5 Å². The van der Waals surface area contributed by atoms with Gasteiger partial charge in [-0.1, -0.05) is 0 Å². The molecule has 0 radical (unpaired) electrons. The zero-order chi connectivity index (χ0) is 12.3. The van der Waals surface area contributed by atoms with E-state index in [1.54, 1.807) is 12.1 Å². The predicted molar refractivity (Wildman–Crippen MR) is 61.1 cm³/mol. The average Bonchev–Trinajstić information content (AvgIpc) is 2.17. The minimum absolute atomic E-state index is 0.317. The Kier molecular flexibility index (Phi) is 3.64. The van der Waals surface area contributed by atoms with E-state index in [4.69, 9.17) is 5.11 Å². The summed E-state index contributed by atoms with van der Waals surface area (Å²) in [5, 5.41) is 11.2. The summed E-state index contributed by atoms with van der Waals surface area (Å²) in [6.45, 7) is 2.83. The molecule has 0 aromatic carbocycles. The first-order chi connectivity index (χ1) is 7.33. The summed E-state index contributed by atoms with van der Waals surface area (Å²) in [6.07, 6.45) is 1.37. The van der Waals surface area contributed by atoms with Gasteiger partial charge in [-0.3, -0.25) is 4.79 Å². The van der Waals surface area contributed by atoms with Gasteiger partial charge in [0.15, 0.2) is 0 Å². The molecule has 0 fully saturated rings. The van der Waals surface area contributed by atoms with Crippen molar-refractivity contribution < 1.29 is 14.7 Å². The Balaban J connectivity index is 2.81. The maximum absolute atomic E-state index is 11.6. The molecule has 0 spiro atoms. The van der Waals surface area contributed by atoms with Gasteiger partial charge in [0.25, 0.3) is 5.91 Å². The third kappa shape index (κ3) is 3.03. The predicted octanol–water partition coefficient (Wildman–Crippen LogP) is 1.44. The van der Waals surface area contributed by atoms with Crippen LogP contribution >= 0.6 is 15.9 Å². The van der Waals surface area contributed by atoms with E-state index in [-0.39, 0.29) is 0 Å². The van der Waals surface area contributed by atoms with Crippen LogP contribution in [0.5, 0.6) is 0 Å². The summed E-state index contributed by atoms with van der Waals surface area (Å²) >= 11 is 3.14. The van der Waals surface area contributed by atoms with Crippen molar-refractivity contribution in [3.8, 4) is 0 Å². The van der Waals surface area contributed by atoms with Gasteiger partial charge in [0.2, 0.25) is 0 Å². The Bertz CT molecular complexity index is 415. The standard InChI is InChI=1S/C10H11BrN2O3/c1-10(2,9(15)16)13-8(14)6-3-4-7(11)12-5-6/h3-5H,1-2H3,(H,13,14)(H,15,16). The Labute approximate surface area is 101 Å². The van der Waals surface area contributed by atoms with Gasteiger partial charge in [0.05, 0.1) is 5.56 Å². The average molecular weight is 287 g/mol. The molecule has 1 amide bonds. The van der Waals surface area contributed by atoms with Gasteiger partial charge >= 0.3 is 5.97 Å². The number of halogens is 1. The van der Waals surface area contributed by atoms with E-state index in [1.807, 2.05) is 0 Å². The molecule has 2 N–H and O–H groups in total. The Morgan fingerprint density at radius 3 is 2.50 bits per heavy atom. The van der Waals surface area contributed by atoms with Crippen LogP contribution in [0.4, 0.5) is 0 Å². The normalized spacial score (nSPS) is 10.9.